The first-order valence-corrected chi connectivity index (χ1v) is 5.01. The normalized spacial score (nSPS) is 17.5. The monoisotopic (exact) mass is 210 g/mol. The van der Waals surface area contributed by atoms with Gasteiger partial charge in [0.1, 0.15) is 6.26 Å². The van der Waals surface area contributed by atoms with Gasteiger partial charge in [0.15, 0.2) is 5.69 Å². The second-order valence-corrected chi connectivity index (χ2v) is 4.01. The summed E-state index contributed by atoms with van der Waals surface area (Å²) in [6.07, 6.45) is 3.64. The summed E-state index contributed by atoms with van der Waals surface area (Å²) in [7, 11) is 1.88. The summed E-state index contributed by atoms with van der Waals surface area (Å²) in [6, 6.07) is 0.733. The van der Waals surface area contributed by atoms with Crippen molar-refractivity contribution in [2.45, 2.75) is 25.8 Å². The van der Waals surface area contributed by atoms with Gasteiger partial charge in [-0.2, -0.15) is 4.98 Å². The van der Waals surface area contributed by atoms with Crippen molar-refractivity contribution in [3.05, 3.63) is 12.0 Å². The minimum Gasteiger partial charge on any atom is -0.476 e. The third-order valence-electron chi connectivity index (χ3n) is 2.93. The third-order valence-corrected chi connectivity index (χ3v) is 2.93. The molecule has 0 saturated heterocycles. The van der Waals surface area contributed by atoms with Crippen molar-refractivity contribution in [3.63, 3.8) is 0 Å². The molecular formula is C10H14N2O3. The van der Waals surface area contributed by atoms with Crippen LogP contribution in [-0.4, -0.2) is 29.1 Å². The summed E-state index contributed by atoms with van der Waals surface area (Å²) in [6.45, 7) is 2.10. The van der Waals surface area contributed by atoms with Crippen molar-refractivity contribution in [3.8, 4) is 0 Å². The standard InChI is InChI=1S/C10H14N2O3/c1-6(7-3-4-7)12(2)10-11-8(5-15-10)9(13)14/h5-7H,3-4H2,1-2H3,(H,13,14). The zero-order valence-electron chi connectivity index (χ0n) is 8.80. The van der Waals surface area contributed by atoms with Gasteiger partial charge in [-0.1, -0.05) is 0 Å². The highest BCUT2D eigenvalue weighted by Gasteiger charge is 2.32. The van der Waals surface area contributed by atoms with Crippen LogP contribution in [0.25, 0.3) is 0 Å². The van der Waals surface area contributed by atoms with Crippen LogP contribution in [0.3, 0.4) is 0 Å². The lowest BCUT2D eigenvalue weighted by molar-refractivity contribution is 0.0690. The Morgan fingerprint density at radius 2 is 2.40 bits per heavy atom. The molecule has 1 aromatic rings. The van der Waals surface area contributed by atoms with E-state index in [2.05, 4.69) is 11.9 Å². The van der Waals surface area contributed by atoms with E-state index in [1.165, 1.54) is 19.1 Å². The molecule has 5 heteroatoms. The van der Waals surface area contributed by atoms with Crippen LogP contribution < -0.4 is 4.90 Å². The van der Waals surface area contributed by atoms with Crippen LogP contribution >= 0.6 is 0 Å². The number of carbonyl (C=O) groups is 1. The lowest BCUT2D eigenvalue weighted by atomic mass is 10.2. The fourth-order valence-electron chi connectivity index (χ4n) is 1.59. The first kappa shape index (κ1) is 10.0. The fraction of sp³-hybridized carbons (Fsp3) is 0.600. The van der Waals surface area contributed by atoms with Crippen LogP contribution in [0.1, 0.15) is 30.3 Å². The smallest absolute Gasteiger partial charge is 0.357 e. The van der Waals surface area contributed by atoms with Crippen molar-refractivity contribution in [1.29, 1.82) is 0 Å². The maximum Gasteiger partial charge on any atom is 0.357 e. The van der Waals surface area contributed by atoms with Gasteiger partial charge in [0.2, 0.25) is 0 Å². The molecule has 82 valence electrons. The van der Waals surface area contributed by atoms with Gasteiger partial charge in [0, 0.05) is 13.1 Å². The van der Waals surface area contributed by atoms with Crippen LogP contribution in [0, 0.1) is 5.92 Å². The van der Waals surface area contributed by atoms with Gasteiger partial charge in [-0.25, -0.2) is 4.79 Å². The molecule has 1 aromatic heterocycles. The molecule has 5 nitrogen and oxygen atoms in total. The van der Waals surface area contributed by atoms with E-state index in [9.17, 15) is 4.79 Å². The second-order valence-electron chi connectivity index (χ2n) is 4.01. The molecule has 1 unspecified atom stereocenters. The summed E-state index contributed by atoms with van der Waals surface area (Å²) < 4.78 is 5.12. The summed E-state index contributed by atoms with van der Waals surface area (Å²) in [5.74, 6) is -0.368. The van der Waals surface area contributed by atoms with E-state index >= 15 is 0 Å². The molecule has 1 fully saturated rings. The number of hydrogen-bond donors (Lipinski definition) is 1. The highest BCUT2D eigenvalue weighted by Crippen LogP contribution is 2.35. The molecule has 1 N–H and O–H groups in total. The first-order chi connectivity index (χ1) is 7.09. The molecule has 0 bridgehead atoms. The molecule has 1 saturated carbocycles. The van der Waals surface area contributed by atoms with Crippen LogP contribution in [-0.2, 0) is 0 Å². The predicted molar refractivity (Wildman–Crippen MR) is 54.1 cm³/mol. The van der Waals surface area contributed by atoms with Crippen LogP contribution in [0.15, 0.2) is 10.7 Å². The molecule has 1 atom stereocenters. The van der Waals surface area contributed by atoms with Crippen molar-refractivity contribution >= 4 is 12.0 Å². The number of carboxylic acid groups (broad SMARTS) is 1. The summed E-state index contributed by atoms with van der Waals surface area (Å²) in [5, 5.41) is 8.70. The number of rotatable bonds is 4. The number of aromatic nitrogens is 1. The molecule has 0 aromatic carbocycles. The molecule has 0 spiro atoms. The van der Waals surface area contributed by atoms with Gasteiger partial charge in [0.05, 0.1) is 0 Å². The Labute approximate surface area is 87.7 Å². The number of aromatic carboxylic acids is 1. The SMILES string of the molecule is CC(C1CC1)N(C)c1nc(C(=O)O)co1. The van der Waals surface area contributed by atoms with Gasteiger partial charge >= 0.3 is 5.97 Å². The van der Waals surface area contributed by atoms with E-state index in [1.807, 2.05) is 11.9 Å². The lowest BCUT2D eigenvalue weighted by Crippen LogP contribution is -2.30. The first-order valence-electron chi connectivity index (χ1n) is 5.01. The Morgan fingerprint density at radius 1 is 1.73 bits per heavy atom. The van der Waals surface area contributed by atoms with Gasteiger partial charge in [-0.15, -0.1) is 0 Å². The Morgan fingerprint density at radius 3 is 2.87 bits per heavy atom. The molecular weight excluding hydrogens is 196 g/mol. The fourth-order valence-corrected chi connectivity index (χ4v) is 1.59. The lowest BCUT2D eigenvalue weighted by Gasteiger charge is -2.22. The average molecular weight is 210 g/mol. The topological polar surface area (TPSA) is 66.6 Å². The van der Waals surface area contributed by atoms with Gasteiger partial charge in [0.25, 0.3) is 6.01 Å². The molecule has 1 aliphatic rings. The van der Waals surface area contributed by atoms with E-state index in [1.54, 1.807) is 0 Å². The van der Waals surface area contributed by atoms with Crippen LogP contribution in [0.2, 0.25) is 0 Å². The summed E-state index contributed by atoms with van der Waals surface area (Å²) in [5.41, 5.74) is -0.0418. The number of hydrogen-bond acceptors (Lipinski definition) is 4. The third kappa shape index (κ3) is 1.95. The van der Waals surface area contributed by atoms with E-state index in [0.717, 1.165) is 0 Å². The van der Waals surface area contributed by atoms with Gasteiger partial charge in [-0.3, -0.25) is 0 Å². The zero-order valence-corrected chi connectivity index (χ0v) is 8.80. The Bertz CT molecular complexity index is 370. The van der Waals surface area contributed by atoms with Crippen molar-refractivity contribution in [2.75, 3.05) is 11.9 Å². The minimum atomic E-state index is -1.06. The summed E-state index contributed by atoms with van der Waals surface area (Å²) in [4.78, 5) is 16.4. The highest BCUT2D eigenvalue weighted by atomic mass is 16.4. The van der Waals surface area contributed by atoms with Gasteiger partial charge in [-0.05, 0) is 25.7 Å². The molecule has 15 heavy (non-hydrogen) atoms. The molecule has 0 radical (unpaired) electrons. The number of anilines is 1. The Hall–Kier alpha value is -1.52. The largest absolute Gasteiger partial charge is 0.476 e. The van der Waals surface area contributed by atoms with Crippen LogP contribution in [0.4, 0.5) is 6.01 Å². The maximum atomic E-state index is 10.6. The molecule has 0 aliphatic heterocycles. The second kappa shape index (κ2) is 3.56. The highest BCUT2D eigenvalue weighted by molar-refractivity contribution is 5.85. The van der Waals surface area contributed by atoms with Crippen molar-refractivity contribution in [2.24, 2.45) is 5.92 Å². The number of oxazole rings is 1. The maximum absolute atomic E-state index is 10.6. The van der Waals surface area contributed by atoms with E-state index in [4.69, 9.17) is 9.52 Å². The predicted octanol–water partition coefficient (Wildman–Crippen LogP) is 1.61. The molecule has 1 aliphatic carbocycles. The molecule has 2 rings (SSSR count). The zero-order chi connectivity index (χ0) is 11.0. The molecule has 1 heterocycles. The van der Waals surface area contributed by atoms with Gasteiger partial charge < -0.3 is 14.4 Å². The summed E-state index contributed by atoms with van der Waals surface area (Å²) >= 11 is 0. The van der Waals surface area contributed by atoms with E-state index in [-0.39, 0.29) is 5.69 Å². The average Bonchev–Trinajstić information content (AvgIpc) is 2.93. The molecule has 0 amide bonds. The number of nitrogens with zero attached hydrogens (tertiary/aromatic N) is 2. The number of carboxylic acids is 1. The van der Waals surface area contributed by atoms with Crippen LogP contribution in [0.5, 0.6) is 0 Å². The van der Waals surface area contributed by atoms with E-state index < -0.39 is 5.97 Å². The Balaban J connectivity index is 2.10. The Kier molecular flexibility index (Phi) is 2.38. The minimum absolute atomic E-state index is 0.0418. The quantitative estimate of drug-likeness (QED) is 0.817. The van der Waals surface area contributed by atoms with Crippen molar-refractivity contribution < 1.29 is 14.3 Å². The van der Waals surface area contributed by atoms with E-state index in [0.29, 0.717) is 18.0 Å². The van der Waals surface area contributed by atoms with Crippen molar-refractivity contribution in [1.82, 2.24) is 4.98 Å².